The van der Waals surface area contributed by atoms with Gasteiger partial charge in [-0.2, -0.15) is 4.31 Å². The maximum absolute atomic E-state index is 13.3. The van der Waals surface area contributed by atoms with Crippen LogP contribution >= 0.6 is 11.6 Å². The number of aromatic nitrogens is 1. The van der Waals surface area contributed by atoms with Crippen molar-refractivity contribution in [1.29, 1.82) is 0 Å². The summed E-state index contributed by atoms with van der Waals surface area (Å²) in [5, 5.41) is 4.22. The molecule has 4 rings (SSSR count). The number of piperazine rings is 1. The number of carbonyl (C=O) groups is 1. The normalized spacial score (nSPS) is 15.7. The van der Waals surface area contributed by atoms with Crippen LogP contribution in [0.1, 0.15) is 12.0 Å². The Hall–Kier alpha value is -2.52. The third-order valence-corrected chi connectivity index (χ3v) is 7.69. The molecule has 9 heteroatoms. The maximum Gasteiger partial charge on any atom is 0.245 e. The van der Waals surface area contributed by atoms with Crippen LogP contribution in [0.25, 0.3) is 10.9 Å². The number of para-hydroxylation sites is 1. The summed E-state index contributed by atoms with van der Waals surface area (Å²) in [6, 6.07) is 14.2. The molecule has 1 fully saturated rings. The fraction of sp³-hybridized carbons (Fsp3) is 0.304. The SMILES string of the molecule is Cc1cnc2c(S(=O)(=O)N3CCN(CCC(=O)Nc4cccc(Cl)c4)CC3)cccc2c1. The van der Waals surface area contributed by atoms with Crippen LogP contribution < -0.4 is 5.32 Å². The van der Waals surface area contributed by atoms with Crippen molar-refractivity contribution in [2.45, 2.75) is 18.2 Å². The standard InChI is InChI=1S/C23H25ClN4O3S/c1-17-14-18-4-2-7-21(23(18)25-16-17)32(30,31)28-12-10-27(11-13-28)9-8-22(29)26-20-6-3-5-19(24)15-20/h2-7,14-16H,8-13H2,1H3,(H,26,29). The summed E-state index contributed by atoms with van der Waals surface area (Å²) in [6.07, 6.45) is 2.01. The smallest absolute Gasteiger partial charge is 0.245 e. The lowest BCUT2D eigenvalue weighted by atomic mass is 10.2. The highest BCUT2D eigenvalue weighted by Gasteiger charge is 2.30. The van der Waals surface area contributed by atoms with E-state index in [0.29, 0.717) is 55.4 Å². The van der Waals surface area contributed by atoms with Gasteiger partial charge in [0, 0.05) is 61.4 Å². The number of aryl methyl sites for hydroxylation is 1. The first-order valence-electron chi connectivity index (χ1n) is 10.5. The molecule has 0 spiro atoms. The molecule has 1 saturated heterocycles. The highest BCUT2D eigenvalue weighted by Crippen LogP contribution is 2.25. The van der Waals surface area contributed by atoms with Gasteiger partial charge in [-0.05, 0) is 42.8 Å². The van der Waals surface area contributed by atoms with Crippen molar-refractivity contribution in [2.75, 3.05) is 38.0 Å². The van der Waals surface area contributed by atoms with E-state index < -0.39 is 10.0 Å². The van der Waals surface area contributed by atoms with Crippen LogP contribution in [0.4, 0.5) is 5.69 Å². The number of anilines is 1. The lowest BCUT2D eigenvalue weighted by Gasteiger charge is -2.33. The van der Waals surface area contributed by atoms with Crippen molar-refractivity contribution >= 4 is 44.1 Å². The first-order chi connectivity index (χ1) is 15.3. The minimum Gasteiger partial charge on any atom is -0.326 e. The molecule has 0 radical (unpaired) electrons. The Morgan fingerprint density at radius 3 is 2.59 bits per heavy atom. The number of nitrogens with zero attached hydrogens (tertiary/aromatic N) is 3. The van der Waals surface area contributed by atoms with E-state index in [-0.39, 0.29) is 10.8 Å². The fourth-order valence-electron chi connectivity index (χ4n) is 3.83. The van der Waals surface area contributed by atoms with Crippen LogP contribution in [-0.4, -0.2) is 61.2 Å². The maximum atomic E-state index is 13.3. The Labute approximate surface area is 193 Å². The Bertz CT molecular complexity index is 1240. The van der Waals surface area contributed by atoms with E-state index in [1.165, 1.54) is 4.31 Å². The number of pyridine rings is 1. The summed E-state index contributed by atoms with van der Waals surface area (Å²) < 4.78 is 28.1. The number of fused-ring (bicyclic) bond motifs is 1. The number of amides is 1. The van der Waals surface area contributed by atoms with Gasteiger partial charge in [-0.25, -0.2) is 8.42 Å². The van der Waals surface area contributed by atoms with E-state index in [0.717, 1.165) is 10.9 Å². The molecule has 1 N–H and O–H groups in total. The number of hydrogen-bond acceptors (Lipinski definition) is 5. The zero-order valence-electron chi connectivity index (χ0n) is 17.8. The molecule has 2 aromatic carbocycles. The van der Waals surface area contributed by atoms with Crippen molar-refractivity contribution in [3.8, 4) is 0 Å². The summed E-state index contributed by atoms with van der Waals surface area (Å²) in [4.78, 5) is 19.0. The minimum absolute atomic E-state index is 0.0977. The number of benzene rings is 2. The first kappa shape index (κ1) is 22.7. The summed E-state index contributed by atoms with van der Waals surface area (Å²) >= 11 is 5.94. The average Bonchev–Trinajstić information content (AvgIpc) is 2.77. The van der Waals surface area contributed by atoms with Gasteiger partial charge >= 0.3 is 0 Å². The molecule has 0 unspecified atom stereocenters. The lowest BCUT2D eigenvalue weighted by molar-refractivity contribution is -0.116. The van der Waals surface area contributed by atoms with E-state index in [4.69, 9.17) is 11.6 Å². The predicted molar refractivity (Wildman–Crippen MR) is 126 cm³/mol. The van der Waals surface area contributed by atoms with E-state index in [1.807, 2.05) is 19.1 Å². The van der Waals surface area contributed by atoms with E-state index in [2.05, 4.69) is 15.2 Å². The molecule has 1 amide bonds. The van der Waals surface area contributed by atoms with Gasteiger partial charge in [-0.3, -0.25) is 9.78 Å². The average molecular weight is 473 g/mol. The molecule has 0 bridgehead atoms. The summed E-state index contributed by atoms with van der Waals surface area (Å²) in [5.41, 5.74) is 2.15. The minimum atomic E-state index is -3.65. The number of carbonyl (C=O) groups excluding carboxylic acids is 1. The predicted octanol–water partition coefficient (Wildman–Crippen LogP) is 3.53. The number of hydrogen-bond donors (Lipinski definition) is 1. The number of rotatable bonds is 6. The molecule has 3 aromatic rings. The highest BCUT2D eigenvalue weighted by atomic mass is 35.5. The summed E-state index contributed by atoms with van der Waals surface area (Å²) in [6.45, 7) is 4.39. The van der Waals surface area contributed by atoms with Gasteiger partial charge in [0.1, 0.15) is 4.90 Å². The van der Waals surface area contributed by atoms with Crippen molar-refractivity contribution in [3.05, 3.63) is 65.3 Å². The first-order valence-corrected chi connectivity index (χ1v) is 12.3. The van der Waals surface area contributed by atoms with Gasteiger partial charge in [0.25, 0.3) is 0 Å². The zero-order valence-corrected chi connectivity index (χ0v) is 19.4. The molecule has 32 heavy (non-hydrogen) atoms. The van der Waals surface area contributed by atoms with Crippen molar-refractivity contribution in [3.63, 3.8) is 0 Å². The van der Waals surface area contributed by atoms with Gasteiger partial charge in [0.05, 0.1) is 5.52 Å². The molecule has 0 atom stereocenters. The second-order valence-electron chi connectivity index (χ2n) is 7.89. The number of nitrogens with one attached hydrogen (secondary N) is 1. The van der Waals surface area contributed by atoms with Crippen LogP contribution in [0.15, 0.2) is 59.6 Å². The van der Waals surface area contributed by atoms with Crippen molar-refractivity contribution in [2.24, 2.45) is 0 Å². The topological polar surface area (TPSA) is 82.6 Å². The third kappa shape index (κ3) is 5.10. The summed E-state index contributed by atoms with van der Waals surface area (Å²) in [5.74, 6) is -0.0977. The molecule has 2 heterocycles. The molecule has 0 aliphatic carbocycles. The van der Waals surface area contributed by atoms with Crippen LogP contribution in [0.2, 0.25) is 5.02 Å². The molecular formula is C23H25ClN4O3S. The molecule has 168 valence electrons. The van der Waals surface area contributed by atoms with Crippen molar-refractivity contribution < 1.29 is 13.2 Å². The van der Waals surface area contributed by atoms with Gasteiger partial charge in [0.2, 0.25) is 15.9 Å². The van der Waals surface area contributed by atoms with E-state index >= 15 is 0 Å². The number of halogens is 1. The third-order valence-electron chi connectivity index (χ3n) is 5.52. The van der Waals surface area contributed by atoms with Gasteiger partial charge < -0.3 is 10.2 Å². The lowest BCUT2D eigenvalue weighted by Crippen LogP contribution is -2.49. The molecule has 7 nitrogen and oxygen atoms in total. The van der Waals surface area contributed by atoms with Crippen LogP contribution in [0.3, 0.4) is 0 Å². The molecular weight excluding hydrogens is 448 g/mol. The number of sulfonamides is 1. The molecule has 1 aliphatic rings. The molecule has 1 aliphatic heterocycles. The Kier molecular flexibility index (Phi) is 6.76. The quantitative estimate of drug-likeness (QED) is 0.593. The van der Waals surface area contributed by atoms with E-state index in [9.17, 15) is 13.2 Å². The zero-order chi connectivity index (χ0) is 22.7. The second kappa shape index (κ2) is 9.54. The summed E-state index contributed by atoms with van der Waals surface area (Å²) in [7, 11) is -3.65. The fourth-order valence-corrected chi connectivity index (χ4v) is 5.61. The van der Waals surface area contributed by atoms with Crippen LogP contribution in [0.5, 0.6) is 0 Å². The highest BCUT2D eigenvalue weighted by molar-refractivity contribution is 7.89. The van der Waals surface area contributed by atoms with Gasteiger partial charge in [-0.15, -0.1) is 0 Å². The van der Waals surface area contributed by atoms with Crippen LogP contribution in [-0.2, 0) is 14.8 Å². The van der Waals surface area contributed by atoms with Gasteiger partial charge in [-0.1, -0.05) is 29.8 Å². The Balaban J connectivity index is 1.35. The van der Waals surface area contributed by atoms with Crippen molar-refractivity contribution in [1.82, 2.24) is 14.2 Å². The van der Waals surface area contributed by atoms with Crippen LogP contribution in [0, 0.1) is 6.92 Å². The monoisotopic (exact) mass is 472 g/mol. The Morgan fingerprint density at radius 2 is 1.84 bits per heavy atom. The molecule has 0 saturated carbocycles. The van der Waals surface area contributed by atoms with E-state index in [1.54, 1.807) is 42.6 Å². The largest absolute Gasteiger partial charge is 0.326 e. The second-order valence-corrected chi connectivity index (χ2v) is 10.2. The molecule has 1 aromatic heterocycles. The Morgan fingerprint density at radius 1 is 1.09 bits per heavy atom. The van der Waals surface area contributed by atoms with Gasteiger partial charge in [0.15, 0.2) is 0 Å².